The number of aromatic nitrogens is 4. The van der Waals surface area contributed by atoms with Crippen LogP contribution in [0.2, 0.25) is 5.28 Å². The molecule has 0 unspecified atom stereocenters. The molecule has 0 atom stereocenters. The van der Waals surface area contributed by atoms with E-state index in [1.807, 2.05) is 10.8 Å². The molecular weight excluding hydrogens is 240 g/mol. The molecule has 0 aliphatic heterocycles. The van der Waals surface area contributed by atoms with Crippen molar-refractivity contribution in [1.82, 2.24) is 19.5 Å². The van der Waals surface area contributed by atoms with E-state index in [2.05, 4.69) is 20.3 Å². The van der Waals surface area contributed by atoms with Crippen molar-refractivity contribution in [3.8, 4) is 0 Å². The molecule has 0 saturated carbocycles. The summed E-state index contributed by atoms with van der Waals surface area (Å²) in [5.41, 5.74) is 6.20. The predicted molar refractivity (Wildman–Crippen MR) is 66.8 cm³/mol. The predicted octanol–water partition coefficient (Wildman–Crippen LogP) is 1.41. The highest BCUT2D eigenvalue weighted by molar-refractivity contribution is 6.28. The quantitative estimate of drug-likeness (QED) is 0.621. The molecule has 0 fully saturated rings. The molecule has 2 heterocycles. The minimum absolute atomic E-state index is 0.191. The van der Waals surface area contributed by atoms with Crippen molar-refractivity contribution in [2.45, 2.75) is 13.0 Å². The van der Waals surface area contributed by atoms with Crippen LogP contribution >= 0.6 is 11.6 Å². The highest BCUT2D eigenvalue weighted by atomic mass is 35.5. The lowest BCUT2D eigenvalue weighted by atomic mass is 10.4. The van der Waals surface area contributed by atoms with Gasteiger partial charge in [0.25, 0.3) is 0 Å². The highest BCUT2D eigenvalue weighted by Gasteiger charge is 2.01. The molecule has 0 radical (unpaired) electrons. The van der Waals surface area contributed by atoms with Gasteiger partial charge in [-0.05, 0) is 18.0 Å². The maximum absolute atomic E-state index is 5.70. The largest absolute Gasteiger partial charge is 0.394 e. The summed E-state index contributed by atoms with van der Waals surface area (Å²) in [6, 6.07) is 0. The number of nitrogens with one attached hydrogen (secondary N) is 1. The Kier molecular flexibility index (Phi) is 3.77. The van der Waals surface area contributed by atoms with Gasteiger partial charge in [-0.3, -0.25) is 0 Å². The Morgan fingerprint density at radius 1 is 1.47 bits per heavy atom. The molecule has 6 nitrogen and oxygen atoms in total. The third-order valence-electron chi connectivity index (χ3n) is 2.23. The molecule has 2 rings (SSSR count). The van der Waals surface area contributed by atoms with E-state index in [1.54, 1.807) is 12.5 Å². The molecule has 0 amide bonds. The second-order valence-corrected chi connectivity index (χ2v) is 3.86. The number of hydrogen-bond acceptors (Lipinski definition) is 5. The van der Waals surface area contributed by atoms with E-state index in [4.69, 9.17) is 17.3 Å². The van der Waals surface area contributed by atoms with Crippen LogP contribution in [0, 0.1) is 0 Å². The number of halogens is 1. The van der Waals surface area contributed by atoms with Crippen molar-refractivity contribution in [1.29, 1.82) is 0 Å². The minimum atomic E-state index is 0.191. The summed E-state index contributed by atoms with van der Waals surface area (Å²) in [5, 5.41) is 3.31. The first-order valence-electron chi connectivity index (χ1n) is 5.23. The Bertz CT molecular complexity index is 470. The van der Waals surface area contributed by atoms with Crippen LogP contribution in [-0.2, 0) is 6.54 Å². The van der Waals surface area contributed by atoms with Crippen LogP contribution in [0.5, 0.6) is 0 Å². The van der Waals surface area contributed by atoms with E-state index in [-0.39, 0.29) is 5.28 Å². The average Bonchev–Trinajstić information content (AvgIpc) is 2.82. The standard InChI is InChI=1S/C10H13ClN6/c11-10-15-6-8(12)9(16-10)14-2-1-4-17-5-3-13-7-17/h3,5-7H,1-2,4,12H2,(H,14,15,16). The molecule has 0 bridgehead atoms. The SMILES string of the molecule is Nc1cnc(Cl)nc1NCCCn1ccnc1. The normalized spacial score (nSPS) is 10.4. The summed E-state index contributed by atoms with van der Waals surface area (Å²) >= 11 is 5.68. The van der Waals surface area contributed by atoms with Crippen molar-refractivity contribution in [3.05, 3.63) is 30.2 Å². The van der Waals surface area contributed by atoms with Crippen molar-refractivity contribution >= 4 is 23.1 Å². The fraction of sp³-hybridized carbons (Fsp3) is 0.300. The van der Waals surface area contributed by atoms with Gasteiger partial charge in [-0.1, -0.05) is 0 Å². The zero-order valence-electron chi connectivity index (χ0n) is 9.17. The van der Waals surface area contributed by atoms with Gasteiger partial charge in [0.05, 0.1) is 18.2 Å². The highest BCUT2D eigenvalue weighted by Crippen LogP contribution is 2.15. The number of nitrogens with zero attached hydrogens (tertiary/aromatic N) is 4. The van der Waals surface area contributed by atoms with Crippen molar-refractivity contribution in [2.24, 2.45) is 0 Å². The zero-order chi connectivity index (χ0) is 12.1. The molecule has 2 aromatic heterocycles. The number of anilines is 2. The smallest absolute Gasteiger partial charge is 0.224 e. The van der Waals surface area contributed by atoms with E-state index < -0.39 is 0 Å². The summed E-state index contributed by atoms with van der Waals surface area (Å²) in [6.07, 6.45) is 7.91. The molecule has 0 aliphatic carbocycles. The van der Waals surface area contributed by atoms with Crippen LogP contribution in [0.3, 0.4) is 0 Å². The molecule has 7 heteroatoms. The van der Waals surface area contributed by atoms with Gasteiger partial charge in [-0.15, -0.1) is 0 Å². The summed E-state index contributed by atoms with van der Waals surface area (Å²) < 4.78 is 2.01. The van der Waals surface area contributed by atoms with Crippen LogP contribution in [-0.4, -0.2) is 26.1 Å². The summed E-state index contributed by atoms with van der Waals surface area (Å²) in [4.78, 5) is 11.8. The van der Waals surface area contributed by atoms with Crippen molar-refractivity contribution in [2.75, 3.05) is 17.6 Å². The number of hydrogen-bond donors (Lipinski definition) is 2. The van der Waals surface area contributed by atoms with Crippen LogP contribution in [0.4, 0.5) is 11.5 Å². The van der Waals surface area contributed by atoms with E-state index in [9.17, 15) is 0 Å². The molecule has 0 aromatic carbocycles. The maximum atomic E-state index is 5.70. The number of nitrogens with two attached hydrogens (primary N) is 1. The summed E-state index contributed by atoms with van der Waals surface area (Å²) in [5.74, 6) is 0.579. The van der Waals surface area contributed by atoms with E-state index in [0.717, 1.165) is 19.5 Å². The molecule has 0 aliphatic rings. The van der Waals surface area contributed by atoms with Crippen molar-refractivity contribution < 1.29 is 0 Å². The van der Waals surface area contributed by atoms with Gasteiger partial charge in [0.2, 0.25) is 5.28 Å². The van der Waals surface area contributed by atoms with Crippen molar-refractivity contribution in [3.63, 3.8) is 0 Å². The van der Waals surface area contributed by atoms with Crippen LogP contribution in [0.1, 0.15) is 6.42 Å². The lowest BCUT2D eigenvalue weighted by molar-refractivity contribution is 0.660. The summed E-state index contributed by atoms with van der Waals surface area (Å²) in [7, 11) is 0. The van der Waals surface area contributed by atoms with Crippen LogP contribution < -0.4 is 11.1 Å². The van der Waals surface area contributed by atoms with Gasteiger partial charge in [0.1, 0.15) is 0 Å². The van der Waals surface area contributed by atoms with Gasteiger partial charge >= 0.3 is 0 Å². The van der Waals surface area contributed by atoms with Gasteiger partial charge in [0.15, 0.2) is 5.82 Å². The van der Waals surface area contributed by atoms with Gasteiger partial charge < -0.3 is 15.6 Å². The van der Waals surface area contributed by atoms with Gasteiger partial charge in [-0.25, -0.2) is 9.97 Å². The van der Waals surface area contributed by atoms with E-state index in [0.29, 0.717) is 11.5 Å². The third-order valence-corrected chi connectivity index (χ3v) is 2.41. The second-order valence-electron chi connectivity index (χ2n) is 3.52. The molecular formula is C10H13ClN6. The van der Waals surface area contributed by atoms with Crippen LogP contribution in [0.15, 0.2) is 24.9 Å². The number of nitrogen functional groups attached to an aromatic ring is 1. The number of imidazole rings is 1. The first-order chi connectivity index (χ1) is 8.25. The van der Waals surface area contributed by atoms with E-state index in [1.165, 1.54) is 6.20 Å². The lowest BCUT2D eigenvalue weighted by Gasteiger charge is -2.08. The Morgan fingerprint density at radius 3 is 3.12 bits per heavy atom. The van der Waals surface area contributed by atoms with E-state index >= 15 is 0 Å². The Hall–Kier alpha value is -1.82. The Balaban J connectivity index is 1.80. The molecule has 0 spiro atoms. The number of rotatable bonds is 5. The third kappa shape index (κ3) is 3.32. The zero-order valence-corrected chi connectivity index (χ0v) is 9.93. The summed E-state index contributed by atoms with van der Waals surface area (Å²) in [6.45, 7) is 1.65. The fourth-order valence-corrected chi connectivity index (χ4v) is 1.53. The topological polar surface area (TPSA) is 81.6 Å². The number of aryl methyl sites for hydroxylation is 1. The molecule has 2 aromatic rings. The van der Waals surface area contributed by atoms with Gasteiger partial charge in [0, 0.05) is 25.5 Å². The minimum Gasteiger partial charge on any atom is -0.394 e. The molecule has 90 valence electrons. The average molecular weight is 253 g/mol. The fourth-order valence-electron chi connectivity index (χ4n) is 1.40. The molecule has 0 saturated heterocycles. The maximum Gasteiger partial charge on any atom is 0.224 e. The lowest BCUT2D eigenvalue weighted by Crippen LogP contribution is -2.09. The monoisotopic (exact) mass is 252 g/mol. The molecule has 17 heavy (non-hydrogen) atoms. The Morgan fingerprint density at radius 2 is 2.35 bits per heavy atom. The first-order valence-corrected chi connectivity index (χ1v) is 5.61. The Labute approximate surface area is 104 Å². The molecule has 3 N–H and O–H groups in total. The van der Waals surface area contributed by atoms with Gasteiger partial charge in [-0.2, -0.15) is 4.98 Å². The second kappa shape index (κ2) is 5.49. The first kappa shape index (κ1) is 11.7. The van der Waals surface area contributed by atoms with Crippen LogP contribution in [0.25, 0.3) is 0 Å².